The largest absolute Gasteiger partial charge is 0.491 e. The molecule has 7 nitrogen and oxygen atoms in total. The van der Waals surface area contributed by atoms with Crippen molar-refractivity contribution in [2.75, 3.05) is 26.2 Å². The quantitative estimate of drug-likeness (QED) is 0.480. The van der Waals surface area contributed by atoms with Gasteiger partial charge in [-0.25, -0.2) is 4.98 Å². The maximum Gasteiger partial charge on any atom is 0.275 e. The summed E-state index contributed by atoms with van der Waals surface area (Å²) in [5.74, 6) is 0.782. The second-order valence-corrected chi connectivity index (χ2v) is 10.3. The molecule has 0 atom stereocenters. The SMILES string of the molecule is O=c1[nH]c2ccc(CCN3CCCC3)c3c2nc1-c1cccc2c(=O)n(sc12)CCCCCO3. The standard InChI is InChI=1S/C26H28N4O3S/c31-25-21-18-7-6-8-19-24(18)34-30(26(19)32)14-2-1-5-16-33-23-17(11-15-29-12-3-4-13-29)9-10-20(27-25)22(23)28-21/h6-10H,1-5,11-16H2,(H,27,31). The minimum atomic E-state index is -0.254. The molecule has 2 aliphatic rings. The first kappa shape index (κ1) is 21.6. The Morgan fingerprint density at radius 2 is 1.85 bits per heavy atom. The normalized spacial score (nSPS) is 16.9. The van der Waals surface area contributed by atoms with Gasteiger partial charge in [0.1, 0.15) is 17.0 Å². The van der Waals surface area contributed by atoms with E-state index < -0.39 is 0 Å². The van der Waals surface area contributed by atoms with Crippen LogP contribution in [0, 0.1) is 0 Å². The van der Waals surface area contributed by atoms with Gasteiger partial charge in [0, 0.05) is 18.7 Å². The Morgan fingerprint density at radius 1 is 1.00 bits per heavy atom. The highest BCUT2D eigenvalue weighted by Gasteiger charge is 2.20. The number of hydrogen-bond donors (Lipinski definition) is 1. The van der Waals surface area contributed by atoms with E-state index in [0.717, 1.165) is 61.3 Å². The molecular weight excluding hydrogens is 448 g/mol. The van der Waals surface area contributed by atoms with E-state index in [1.54, 1.807) is 3.96 Å². The average Bonchev–Trinajstić information content (AvgIpc) is 3.48. The summed E-state index contributed by atoms with van der Waals surface area (Å²) in [6.07, 6.45) is 6.24. The minimum Gasteiger partial charge on any atom is -0.491 e. The maximum absolute atomic E-state index is 13.1. The molecule has 176 valence electrons. The molecule has 1 saturated heterocycles. The molecular formula is C26H28N4O3S. The van der Waals surface area contributed by atoms with Crippen molar-refractivity contribution in [1.29, 1.82) is 0 Å². The van der Waals surface area contributed by atoms with Gasteiger partial charge < -0.3 is 14.6 Å². The van der Waals surface area contributed by atoms with Gasteiger partial charge in [0.2, 0.25) is 0 Å². The maximum atomic E-state index is 13.1. The van der Waals surface area contributed by atoms with Crippen LogP contribution >= 0.6 is 11.5 Å². The Labute approximate surface area is 201 Å². The van der Waals surface area contributed by atoms with Crippen LogP contribution in [-0.2, 0) is 13.0 Å². The molecule has 0 amide bonds. The molecule has 4 heterocycles. The molecule has 0 unspecified atom stereocenters. The molecule has 6 rings (SSSR count). The highest BCUT2D eigenvalue weighted by atomic mass is 32.1. The third-order valence-electron chi connectivity index (χ3n) is 6.98. The average molecular weight is 477 g/mol. The first-order valence-corrected chi connectivity index (χ1v) is 13.0. The van der Waals surface area contributed by atoms with E-state index in [9.17, 15) is 9.59 Å². The molecule has 0 radical (unpaired) electrons. The van der Waals surface area contributed by atoms with E-state index in [2.05, 4.69) is 16.0 Å². The summed E-state index contributed by atoms with van der Waals surface area (Å²) < 4.78 is 8.98. The van der Waals surface area contributed by atoms with Crippen LogP contribution in [0.3, 0.4) is 0 Å². The molecule has 2 aliphatic heterocycles. The summed E-state index contributed by atoms with van der Waals surface area (Å²) in [6, 6.07) is 9.57. The van der Waals surface area contributed by atoms with E-state index in [0.29, 0.717) is 40.8 Å². The number of benzene rings is 2. The lowest BCUT2D eigenvalue weighted by Gasteiger charge is -2.18. The summed E-state index contributed by atoms with van der Waals surface area (Å²) in [5, 5.41) is 0.648. The minimum absolute atomic E-state index is 0.00933. The van der Waals surface area contributed by atoms with Crippen molar-refractivity contribution in [3.63, 3.8) is 0 Å². The summed E-state index contributed by atoms with van der Waals surface area (Å²) in [6.45, 7) is 4.58. The highest BCUT2D eigenvalue weighted by molar-refractivity contribution is 7.14. The zero-order valence-corrected chi connectivity index (χ0v) is 20.0. The Balaban J connectivity index is 1.53. The fourth-order valence-corrected chi connectivity index (χ4v) is 6.26. The van der Waals surface area contributed by atoms with Crippen LogP contribution in [0.25, 0.3) is 32.4 Å². The predicted molar refractivity (Wildman–Crippen MR) is 136 cm³/mol. The number of aryl methyl sites for hydroxylation is 1. The molecule has 2 aromatic heterocycles. The molecule has 8 heteroatoms. The molecule has 4 aromatic rings. The topological polar surface area (TPSA) is 80.2 Å². The molecule has 0 aliphatic carbocycles. The van der Waals surface area contributed by atoms with Crippen LogP contribution in [0.1, 0.15) is 37.7 Å². The van der Waals surface area contributed by atoms with Gasteiger partial charge in [-0.2, -0.15) is 0 Å². The number of nitrogens with one attached hydrogen (secondary N) is 1. The van der Waals surface area contributed by atoms with Crippen molar-refractivity contribution >= 4 is 32.7 Å². The first-order chi connectivity index (χ1) is 16.7. The van der Waals surface area contributed by atoms with Crippen molar-refractivity contribution in [2.45, 2.75) is 45.1 Å². The molecule has 2 aromatic carbocycles. The zero-order chi connectivity index (χ0) is 23.1. The Kier molecular flexibility index (Phi) is 5.71. The lowest BCUT2D eigenvalue weighted by molar-refractivity contribution is 0.299. The third kappa shape index (κ3) is 3.84. The number of aromatic nitrogens is 3. The van der Waals surface area contributed by atoms with Gasteiger partial charge in [-0.1, -0.05) is 29.7 Å². The Morgan fingerprint density at radius 3 is 2.74 bits per heavy atom. The summed E-state index contributed by atoms with van der Waals surface area (Å²) in [4.78, 5) is 36.5. The lowest BCUT2D eigenvalue weighted by Crippen LogP contribution is -2.22. The molecule has 0 spiro atoms. The summed E-state index contributed by atoms with van der Waals surface area (Å²) in [7, 11) is 0. The van der Waals surface area contributed by atoms with Gasteiger partial charge in [-0.15, -0.1) is 0 Å². The van der Waals surface area contributed by atoms with Crippen molar-refractivity contribution in [3.05, 3.63) is 56.6 Å². The van der Waals surface area contributed by atoms with Crippen LogP contribution in [0.4, 0.5) is 0 Å². The summed E-state index contributed by atoms with van der Waals surface area (Å²) >= 11 is 1.43. The number of ether oxygens (including phenoxy) is 1. The summed E-state index contributed by atoms with van der Waals surface area (Å²) in [5.41, 5.74) is 3.29. The molecule has 1 N–H and O–H groups in total. The Bertz CT molecular complexity index is 1480. The molecule has 1 fully saturated rings. The van der Waals surface area contributed by atoms with Crippen molar-refractivity contribution in [2.24, 2.45) is 0 Å². The van der Waals surface area contributed by atoms with Crippen LogP contribution < -0.4 is 15.9 Å². The van der Waals surface area contributed by atoms with E-state index in [4.69, 9.17) is 9.72 Å². The van der Waals surface area contributed by atoms with Crippen LogP contribution in [0.15, 0.2) is 39.9 Å². The van der Waals surface area contributed by atoms with E-state index in [1.807, 2.05) is 24.3 Å². The fraction of sp³-hybridized carbons (Fsp3) is 0.423. The predicted octanol–water partition coefficient (Wildman–Crippen LogP) is 4.17. The van der Waals surface area contributed by atoms with Gasteiger partial charge in [-0.05, 0) is 69.3 Å². The third-order valence-corrected chi connectivity index (χ3v) is 8.17. The second kappa shape index (κ2) is 9.00. The highest BCUT2D eigenvalue weighted by Crippen LogP contribution is 2.33. The number of nitrogens with zero attached hydrogens (tertiary/aromatic N) is 3. The van der Waals surface area contributed by atoms with Gasteiger partial charge in [0.15, 0.2) is 0 Å². The molecule has 4 bridgehead atoms. The van der Waals surface area contributed by atoms with Gasteiger partial charge in [-0.3, -0.25) is 13.5 Å². The fourth-order valence-electron chi connectivity index (χ4n) is 5.13. The first-order valence-electron chi connectivity index (χ1n) is 12.2. The number of aromatic amines is 1. The van der Waals surface area contributed by atoms with Crippen LogP contribution in [-0.4, -0.2) is 45.1 Å². The van der Waals surface area contributed by atoms with Crippen molar-refractivity contribution in [1.82, 2.24) is 18.8 Å². The Hall–Kier alpha value is -2.97. The number of hydrogen-bond acceptors (Lipinski definition) is 6. The number of likely N-dealkylation sites (tertiary alicyclic amines) is 1. The number of fused-ring (bicyclic) bond motifs is 3. The van der Waals surface area contributed by atoms with Gasteiger partial charge in [0.05, 0.1) is 22.2 Å². The van der Waals surface area contributed by atoms with Gasteiger partial charge >= 0.3 is 0 Å². The second-order valence-electron chi connectivity index (χ2n) is 9.25. The van der Waals surface area contributed by atoms with Crippen LogP contribution in [0.5, 0.6) is 5.75 Å². The van der Waals surface area contributed by atoms with E-state index in [-0.39, 0.29) is 11.1 Å². The zero-order valence-electron chi connectivity index (χ0n) is 19.1. The number of rotatable bonds is 3. The molecule has 34 heavy (non-hydrogen) atoms. The van der Waals surface area contributed by atoms with Gasteiger partial charge in [0.25, 0.3) is 11.1 Å². The van der Waals surface area contributed by atoms with Crippen molar-refractivity contribution < 1.29 is 4.74 Å². The monoisotopic (exact) mass is 476 g/mol. The molecule has 0 saturated carbocycles. The van der Waals surface area contributed by atoms with Crippen molar-refractivity contribution in [3.8, 4) is 17.0 Å². The smallest absolute Gasteiger partial charge is 0.275 e. The number of H-pyrrole nitrogens is 1. The lowest BCUT2D eigenvalue weighted by atomic mass is 10.1. The van der Waals surface area contributed by atoms with E-state index in [1.165, 1.54) is 24.4 Å². The van der Waals surface area contributed by atoms with Crippen LogP contribution in [0.2, 0.25) is 0 Å². The van der Waals surface area contributed by atoms with E-state index >= 15 is 0 Å².